The Morgan fingerprint density at radius 1 is 1.05 bits per heavy atom. The minimum atomic E-state index is 0.471. The summed E-state index contributed by atoms with van der Waals surface area (Å²) in [4.78, 5) is 0. The lowest BCUT2D eigenvalue weighted by Crippen LogP contribution is -2.21. The van der Waals surface area contributed by atoms with Gasteiger partial charge in [0.15, 0.2) is 11.5 Å². The zero-order chi connectivity index (χ0) is 13.5. The molecule has 1 N–H and O–H groups in total. The van der Waals surface area contributed by atoms with Crippen LogP contribution >= 0.6 is 0 Å². The summed E-state index contributed by atoms with van der Waals surface area (Å²) in [5, 5.41) is 3.55. The Hall–Kier alpha value is -1.22. The first-order valence-electron chi connectivity index (χ1n) is 7.95. The van der Waals surface area contributed by atoms with Crippen LogP contribution in [0.5, 0.6) is 11.5 Å². The second-order valence-corrected chi connectivity index (χ2v) is 6.36. The molecule has 20 heavy (non-hydrogen) atoms. The van der Waals surface area contributed by atoms with Gasteiger partial charge >= 0.3 is 0 Å². The molecule has 1 aromatic rings. The van der Waals surface area contributed by atoms with Gasteiger partial charge in [0.25, 0.3) is 0 Å². The van der Waals surface area contributed by atoms with Gasteiger partial charge in [-0.2, -0.15) is 0 Å². The predicted molar refractivity (Wildman–Crippen MR) is 78.2 cm³/mol. The van der Waals surface area contributed by atoms with Gasteiger partial charge < -0.3 is 14.8 Å². The molecular weight excluding hydrogens is 250 g/mol. The predicted octanol–water partition coefficient (Wildman–Crippen LogP) is 3.15. The van der Waals surface area contributed by atoms with E-state index in [4.69, 9.17) is 9.47 Å². The van der Waals surface area contributed by atoms with Crippen LogP contribution in [0, 0.1) is 17.8 Å². The van der Waals surface area contributed by atoms with E-state index >= 15 is 0 Å². The normalized spacial score (nSPS) is 32.4. The Labute approximate surface area is 120 Å². The molecule has 1 heterocycles. The quantitative estimate of drug-likeness (QED) is 0.917. The molecule has 3 aliphatic rings. The summed E-state index contributed by atoms with van der Waals surface area (Å²) in [6.07, 6.45) is 5.71. The molecule has 3 atom stereocenters. The van der Waals surface area contributed by atoms with Crippen molar-refractivity contribution in [3.05, 3.63) is 23.8 Å². The van der Waals surface area contributed by atoms with E-state index in [-0.39, 0.29) is 0 Å². The molecule has 3 unspecified atom stereocenters. The topological polar surface area (TPSA) is 30.5 Å². The van der Waals surface area contributed by atoms with Crippen LogP contribution in [0.2, 0.25) is 0 Å². The van der Waals surface area contributed by atoms with Gasteiger partial charge in [0.1, 0.15) is 13.2 Å². The molecule has 2 aliphatic carbocycles. The van der Waals surface area contributed by atoms with Crippen molar-refractivity contribution in [1.82, 2.24) is 5.32 Å². The number of nitrogens with one attached hydrogen (secondary N) is 1. The van der Waals surface area contributed by atoms with Gasteiger partial charge in [0.05, 0.1) is 0 Å². The van der Waals surface area contributed by atoms with Crippen LogP contribution in [0.25, 0.3) is 0 Å². The smallest absolute Gasteiger partial charge is 0.161 e. The first-order chi connectivity index (χ1) is 9.88. The second kappa shape index (κ2) is 4.96. The van der Waals surface area contributed by atoms with Gasteiger partial charge in [-0.1, -0.05) is 18.9 Å². The molecule has 0 spiro atoms. The van der Waals surface area contributed by atoms with Crippen LogP contribution in [-0.4, -0.2) is 20.3 Å². The molecule has 2 saturated carbocycles. The maximum Gasteiger partial charge on any atom is 0.161 e. The molecule has 108 valence electrons. The van der Waals surface area contributed by atoms with Crippen LogP contribution in [0.4, 0.5) is 0 Å². The van der Waals surface area contributed by atoms with Crippen LogP contribution in [0.15, 0.2) is 18.2 Å². The first kappa shape index (κ1) is 12.5. The van der Waals surface area contributed by atoms with E-state index in [0.717, 1.165) is 29.3 Å². The van der Waals surface area contributed by atoms with Crippen molar-refractivity contribution >= 4 is 0 Å². The number of hydrogen-bond acceptors (Lipinski definition) is 3. The molecule has 3 heteroatoms. The van der Waals surface area contributed by atoms with E-state index in [1.807, 2.05) is 0 Å². The van der Waals surface area contributed by atoms with Gasteiger partial charge in [-0.05, 0) is 55.3 Å². The zero-order valence-corrected chi connectivity index (χ0v) is 12.1. The monoisotopic (exact) mass is 273 g/mol. The number of rotatable bonds is 3. The fourth-order valence-corrected chi connectivity index (χ4v) is 4.38. The molecule has 0 radical (unpaired) electrons. The number of ether oxygens (including phenoxy) is 2. The number of fused-ring (bicyclic) bond motifs is 2. The zero-order valence-electron chi connectivity index (χ0n) is 12.1. The molecule has 4 rings (SSSR count). The third-order valence-corrected chi connectivity index (χ3v) is 5.34. The van der Waals surface area contributed by atoms with Gasteiger partial charge in [-0.15, -0.1) is 0 Å². The summed E-state index contributed by atoms with van der Waals surface area (Å²) in [6.45, 7) is 1.32. The molecule has 1 aromatic carbocycles. The van der Waals surface area contributed by atoms with Gasteiger partial charge in [-0.25, -0.2) is 0 Å². The maximum absolute atomic E-state index is 5.72. The van der Waals surface area contributed by atoms with Crippen molar-refractivity contribution in [1.29, 1.82) is 0 Å². The Morgan fingerprint density at radius 3 is 2.45 bits per heavy atom. The van der Waals surface area contributed by atoms with Crippen LogP contribution in [0.1, 0.15) is 37.3 Å². The SMILES string of the molecule is CNC(c1ccc2c(c1)OCCO2)C1C2CCCCC21. The molecule has 0 bridgehead atoms. The van der Waals surface area contributed by atoms with E-state index in [0.29, 0.717) is 19.3 Å². The number of hydrogen-bond donors (Lipinski definition) is 1. The van der Waals surface area contributed by atoms with Gasteiger partial charge in [0, 0.05) is 6.04 Å². The minimum Gasteiger partial charge on any atom is -0.486 e. The Balaban J connectivity index is 1.58. The third-order valence-electron chi connectivity index (χ3n) is 5.34. The lowest BCUT2D eigenvalue weighted by Gasteiger charge is -2.22. The summed E-state index contributed by atoms with van der Waals surface area (Å²) in [7, 11) is 2.09. The fraction of sp³-hybridized carbons (Fsp3) is 0.647. The number of benzene rings is 1. The van der Waals surface area contributed by atoms with E-state index in [9.17, 15) is 0 Å². The standard InChI is InChI=1S/C17H23NO2/c1-18-17(16-12-4-2-3-5-13(12)16)11-6-7-14-15(10-11)20-9-8-19-14/h6-7,10,12-13,16-18H,2-5,8-9H2,1H3. The van der Waals surface area contributed by atoms with E-state index < -0.39 is 0 Å². The van der Waals surface area contributed by atoms with Gasteiger partial charge in [-0.3, -0.25) is 0 Å². The van der Waals surface area contributed by atoms with Crippen LogP contribution < -0.4 is 14.8 Å². The minimum absolute atomic E-state index is 0.471. The lowest BCUT2D eigenvalue weighted by atomic mass is 9.99. The Bertz CT molecular complexity index is 490. The third kappa shape index (κ3) is 1.99. The van der Waals surface area contributed by atoms with Crippen LogP contribution in [0.3, 0.4) is 0 Å². The molecule has 0 saturated heterocycles. The highest BCUT2D eigenvalue weighted by molar-refractivity contribution is 5.45. The van der Waals surface area contributed by atoms with Crippen molar-refractivity contribution in [2.24, 2.45) is 17.8 Å². The van der Waals surface area contributed by atoms with Crippen LogP contribution in [-0.2, 0) is 0 Å². The van der Waals surface area contributed by atoms with E-state index in [1.54, 1.807) is 0 Å². The summed E-state index contributed by atoms with van der Waals surface area (Å²) in [5.41, 5.74) is 1.36. The highest BCUT2D eigenvalue weighted by Crippen LogP contribution is 2.60. The van der Waals surface area contributed by atoms with Crippen molar-refractivity contribution in [2.75, 3.05) is 20.3 Å². The molecule has 2 fully saturated rings. The van der Waals surface area contributed by atoms with Gasteiger partial charge in [0.2, 0.25) is 0 Å². The summed E-state index contributed by atoms with van der Waals surface area (Å²) in [6, 6.07) is 6.93. The molecular formula is C17H23NO2. The van der Waals surface area contributed by atoms with Crippen molar-refractivity contribution in [3.8, 4) is 11.5 Å². The van der Waals surface area contributed by atoms with E-state index in [2.05, 4.69) is 30.6 Å². The second-order valence-electron chi connectivity index (χ2n) is 6.36. The summed E-state index contributed by atoms with van der Waals surface area (Å²) >= 11 is 0. The van der Waals surface area contributed by atoms with Crippen molar-refractivity contribution in [2.45, 2.75) is 31.7 Å². The fourth-order valence-electron chi connectivity index (χ4n) is 4.38. The summed E-state index contributed by atoms with van der Waals surface area (Å²) in [5.74, 6) is 4.54. The largest absolute Gasteiger partial charge is 0.486 e. The average molecular weight is 273 g/mol. The van der Waals surface area contributed by atoms with Crippen molar-refractivity contribution < 1.29 is 9.47 Å². The summed E-state index contributed by atoms with van der Waals surface area (Å²) < 4.78 is 11.3. The maximum atomic E-state index is 5.72. The molecule has 0 aromatic heterocycles. The highest BCUT2D eigenvalue weighted by atomic mass is 16.6. The molecule has 0 amide bonds. The Morgan fingerprint density at radius 2 is 1.75 bits per heavy atom. The average Bonchev–Trinajstić information content (AvgIpc) is 3.22. The van der Waals surface area contributed by atoms with E-state index in [1.165, 1.54) is 31.2 Å². The van der Waals surface area contributed by atoms with Crippen molar-refractivity contribution in [3.63, 3.8) is 0 Å². The Kier molecular flexibility index (Phi) is 3.10. The molecule has 1 aliphatic heterocycles. The highest BCUT2D eigenvalue weighted by Gasteiger charge is 2.54. The first-order valence-corrected chi connectivity index (χ1v) is 7.95. The molecule has 3 nitrogen and oxygen atoms in total. The lowest BCUT2D eigenvalue weighted by molar-refractivity contribution is 0.171.